The number of aromatic nitrogens is 2. The van der Waals surface area contributed by atoms with E-state index in [2.05, 4.69) is 20.7 Å². The number of alkyl halides is 3. The molecule has 0 atom stereocenters. The number of rotatable bonds is 3. The number of hydrazine groups is 1. The van der Waals surface area contributed by atoms with Gasteiger partial charge in [-0.25, -0.2) is 15.8 Å². The lowest BCUT2D eigenvalue weighted by Crippen LogP contribution is -2.16. The van der Waals surface area contributed by atoms with Crippen LogP contribution in [0.15, 0.2) is 22.9 Å². The summed E-state index contributed by atoms with van der Waals surface area (Å²) in [6, 6.07) is 3.00. The first kappa shape index (κ1) is 12.6. The van der Waals surface area contributed by atoms with Crippen LogP contribution >= 0.6 is 11.3 Å². The Kier molecular flexibility index (Phi) is 3.34. The summed E-state index contributed by atoms with van der Waals surface area (Å²) in [5.74, 6) is 3.72. The highest BCUT2D eigenvalue weighted by atomic mass is 32.1. The van der Waals surface area contributed by atoms with E-state index in [4.69, 9.17) is 5.84 Å². The molecule has 5 nitrogen and oxygen atoms in total. The van der Waals surface area contributed by atoms with Crippen LogP contribution in [-0.4, -0.2) is 9.97 Å². The molecule has 0 unspecified atom stereocenters. The van der Waals surface area contributed by atoms with Gasteiger partial charge in [-0.3, -0.25) is 0 Å². The zero-order valence-corrected chi connectivity index (χ0v) is 9.64. The summed E-state index contributed by atoms with van der Waals surface area (Å²) >= 11 is 1.41. The highest BCUT2D eigenvalue weighted by molar-refractivity contribution is 7.08. The van der Waals surface area contributed by atoms with E-state index in [-0.39, 0.29) is 11.6 Å². The number of nitrogen functional groups attached to an aromatic ring is 1. The fraction of sp³-hybridized carbons (Fsp3) is 0.111. The van der Waals surface area contributed by atoms with Crippen molar-refractivity contribution in [1.29, 1.82) is 0 Å². The van der Waals surface area contributed by atoms with E-state index < -0.39 is 12.0 Å². The van der Waals surface area contributed by atoms with Crippen LogP contribution in [-0.2, 0) is 6.18 Å². The van der Waals surface area contributed by atoms with Crippen LogP contribution in [0.25, 0.3) is 0 Å². The first-order chi connectivity index (χ1) is 8.49. The quantitative estimate of drug-likeness (QED) is 0.593. The Balaban J connectivity index is 2.35. The molecule has 96 valence electrons. The average molecular weight is 275 g/mol. The molecular weight excluding hydrogens is 267 g/mol. The Morgan fingerprint density at radius 2 is 1.94 bits per heavy atom. The fourth-order valence-electron chi connectivity index (χ4n) is 1.20. The van der Waals surface area contributed by atoms with Gasteiger partial charge in [0.05, 0.1) is 5.69 Å². The molecule has 0 bridgehead atoms. The van der Waals surface area contributed by atoms with Crippen LogP contribution < -0.4 is 16.6 Å². The summed E-state index contributed by atoms with van der Waals surface area (Å²) in [6.45, 7) is 0. The van der Waals surface area contributed by atoms with Crippen LogP contribution in [0.3, 0.4) is 0 Å². The minimum absolute atomic E-state index is 0.0173. The Hall–Kier alpha value is -1.87. The molecule has 2 aromatic heterocycles. The molecule has 4 N–H and O–H groups in total. The van der Waals surface area contributed by atoms with Gasteiger partial charge in [0.15, 0.2) is 0 Å². The smallest absolute Gasteiger partial charge is 0.339 e. The summed E-state index contributed by atoms with van der Waals surface area (Å²) in [6.07, 6.45) is -4.63. The molecule has 0 saturated heterocycles. The maximum Gasteiger partial charge on any atom is 0.451 e. The van der Waals surface area contributed by atoms with Crippen molar-refractivity contribution in [3.8, 4) is 0 Å². The van der Waals surface area contributed by atoms with Crippen molar-refractivity contribution in [2.45, 2.75) is 6.18 Å². The molecule has 0 amide bonds. The molecular formula is C9H8F3N5S. The number of halogens is 3. The molecule has 2 rings (SSSR count). The maximum absolute atomic E-state index is 12.5. The van der Waals surface area contributed by atoms with Crippen molar-refractivity contribution in [1.82, 2.24) is 9.97 Å². The number of hydrogen-bond acceptors (Lipinski definition) is 6. The average Bonchev–Trinajstić information content (AvgIpc) is 2.80. The molecule has 9 heteroatoms. The third-order valence-corrected chi connectivity index (χ3v) is 2.60. The van der Waals surface area contributed by atoms with Crippen LogP contribution in [0.1, 0.15) is 5.82 Å². The van der Waals surface area contributed by atoms with E-state index in [1.54, 1.807) is 16.8 Å². The third-order valence-electron chi connectivity index (χ3n) is 1.92. The van der Waals surface area contributed by atoms with Crippen molar-refractivity contribution < 1.29 is 13.2 Å². The van der Waals surface area contributed by atoms with Crippen molar-refractivity contribution in [3.63, 3.8) is 0 Å². The van der Waals surface area contributed by atoms with E-state index in [9.17, 15) is 13.2 Å². The summed E-state index contributed by atoms with van der Waals surface area (Å²) in [5, 5.41) is 6.26. The van der Waals surface area contributed by atoms with Crippen molar-refractivity contribution in [3.05, 3.63) is 28.7 Å². The lowest BCUT2D eigenvalue weighted by Gasteiger charge is -2.10. The topological polar surface area (TPSA) is 75.9 Å². The molecule has 0 aliphatic carbocycles. The summed E-state index contributed by atoms with van der Waals surface area (Å²) in [7, 11) is 0. The predicted molar refractivity (Wildman–Crippen MR) is 62.4 cm³/mol. The Morgan fingerprint density at radius 1 is 1.22 bits per heavy atom. The van der Waals surface area contributed by atoms with Gasteiger partial charge in [-0.05, 0) is 11.4 Å². The van der Waals surface area contributed by atoms with Gasteiger partial charge >= 0.3 is 6.18 Å². The number of anilines is 3. The highest BCUT2D eigenvalue weighted by Gasteiger charge is 2.35. The van der Waals surface area contributed by atoms with Crippen molar-refractivity contribution in [2.75, 3.05) is 10.7 Å². The predicted octanol–water partition coefficient (Wildman–Crippen LogP) is 2.59. The maximum atomic E-state index is 12.5. The molecule has 0 aliphatic heterocycles. The number of hydrogen-bond donors (Lipinski definition) is 3. The summed E-state index contributed by atoms with van der Waals surface area (Å²) in [5.41, 5.74) is 2.72. The molecule has 2 aromatic rings. The highest BCUT2D eigenvalue weighted by Crippen LogP contribution is 2.29. The van der Waals surface area contributed by atoms with Gasteiger partial charge in [0.1, 0.15) is 11.6 Å². The zero-order chi connectivity index (χ0) is 13.2. The second-order valence-corrected chi connectivity index (χ2v) is 4.02. The number of nitrogens with zero attached hydrogens (tertiary/aromatic N) is 2. The monoisotopic (exact) mass is 275 g/mol. The van der Waals surface area contributed by atoms with E-state index >= 15 is 0 Å². The second kappa shape index (κ2) is 4.78. The molecule has 0 spiro atoms. The lowest BCUT2D eigenvalue weighted by atomic mass is 10.4. The van der Waals surface area contributed by atoms with E-state index in [1.807, 2.05) is 0 Å². The molecule has 18 heavy (non-hydrogen) atoms. The van der Waals surface area contributed by atoms with Gasteiger partial charge < -0.3 is 10.7 Å². The minimum atomic E-state index is -4.63. The lowest BCUT2D eigenvalue weighted by molar-refractivity contribution is -0.144. The molecule has 2 heterocycles. The molecule has 0 aromatic carbocycles. The van der Waals surface area contributed by atoms with Gasteiger partial charge in [-0.1, -0.05) is 0 Å². The normalized spacial score (nSPS) is 11.3. The van der Waals surface area contributed by atoms with Gasteiger partial charge in [0, 0.05) is 11.4 Å². The van der Waals surface area contributed by atoms with E-state index in [0.717, 1.165) is 0 Å². The fourth-order valence-corrected chi connectivity index (χ4v) is 1.78. The summed E-state index contributed by atoms with van der Waals surface area (Å²) < 4.78 is 37.6. The largest absolute Gasteiger partial charge is 0.451 e. The molecule has 0 saturated carbocycles. The number of thiophene rings is 1. The van der Waals surface area contributed by atoms with Gasteiger partial charge in [0.25, 0.3) is 0 Å². The standard InChI is InChI=1S/C9H8F3N5S/c10-9(11,12)8-15-6(3-7(16-8)17-13)14-5-1-2-18-4-5/h1-4H,13H2,(H2,14,15,16,17). The van der Waals surface area contributed by atoms with Crippen LogP contribution in [0.2, 0.25) is 0 Å². The van der Waals surface area contributed by atoms with Crippen LogP contribution in [0.5, 0.6) is 0 Å². The molecule has 0 fully saturated rings. The Labute approximate surface area is 104 Å². The van der Waals surface area contributed by atoms with Gasteiger partial charge in [-0.15, -0.1) is 0 Å². The second-order valence-electron chi connectivity index (χ2n) is 3.24. The first-order valence-corrected chi connectivity index (χ1v) is 5.65. The van der Waals surface area contributed by atoms with Crippen molar-refractivity contribution in [2.24, 2.45) is 5.84 Å². The van der Waals surface area contributed by atoms with Crippen LogP contribution in [0.4, 0.5) is 30.5 Å². The number of nitrogens with one attached hydrogen (secondary N) is 2. The van der Waals surface area contributed by atoms with E-state index in [0.29, 0.717) is 5.69 Å². The molecule has 0 aliphatic rings. The van der Waals surface area contributed by atoms with Crippen LogP contribution in [0, 0.1) is 0 Å². The first-order valence-electron chi connectivity index (χ1n) is 4.71. The Morgan fingerprint density at radius 3 is 2.50 bits per heavy atom. The van der Waals surface area contributed by atoms with E-state index in [1.165, 1.54) is 17.4 Å². The van der Waals surface area contributed by atoms with Crippen molar-refractivity contribution >= 4 is 28.7 Å². The SMILES string of the molecule is NNc1cc(Nc2ccsc2)nc(C(F)(F)F)n1. The summed E-state index contributed by atoms with van der Waals surface area (Å²) in [4.78, 5) is 6.63. The molecule has 0 radical (unpaired) electrons. The van der Waals surface area contributed by atoms with Gasteiger partial charge in [-0.2, -0.15) is 24.5 Å². The third kappa shape index (κ3) is 2.87. The zero-order valence-electron chi connectivity index (χ0n) is 8.82. The number of nitrogens with two attached hydrogens (primary N) is 1. The van der Waals surface area contributed by atoms with Gasteiger partial charge in [0.2, 0.25) is 5.82 Å². The minimum Gasteiger partial charge on any atom is -0.339 e. The Bertz CT molecular complexity index is 525.